The average molecular weight is 399 g/mol. The summed E-state index contributed by atoms with van der Waals surface area (Å²) >= 11 is 2.76. The van der Waals surface area contributed by atoms with E-state index in [0.717, 1.165) is 21.8 Å². The molecule has 0 aliphatic heterocycles. The molecule has 2 heterocycles. The maximum absolute atomic E-state index is 12.4. The monoisotopic (exact) mass is 398 g/mol. The van der Waals surface area contributed by atoms with Crippen molar-refractivity contribution in [2.24, 2.45) is 0 Å². The van der Waals surface area contributed by atoms with Gasteiger partial charge in [0.15, 0.2) is 0 Å². The summed E-state index contributed by atoms with van der Waals surface area (Å²) in [6.45, 7) is 0. The molecule has 0 aliphatic rings. The summed E-state index contributed by atoms with van der Waals surface area (Å²) in [6.07, 6.45) is 0. The molecule has 0 spiro atoms. The van der Waals surface area contributed by atoms with Crippen molar-refractivity contribution in [1.29, 1.82) is 0 Å². The van der Waals surface area contributed by atoms with E-state index in [-0.39, 0.29) is 0 Å². The van der Waals surface area contributed by atoms with E-state index in [2.05, 4.69) is 9.71 Å². The van der Waals surface area contributed by atoms with Crippen molar-refractivity contribution in [2.45, 2.75) is 4.21 Å². The minimum atomic E-state index is -3.56. The number of thiazole rings is 1. The van der Waals surface area contributed by atoms with Gasteiger partial charge >= 0.3 is 0 Å². The SMILES string of the molecule is O=S(=O)(Nc1cccc(-c2csc(-c3ccccc3)n2)c1)c1cccs1. The highest BCUT2D eigenvalue weighted by atomic mass is 32.2. The molecule has 4 aromatic rings. The minimum Gasteiger partial charge on any atom is -0.279 e. The van der Waals surface area contributed by atoms with Crippen LogP contribution in [0.4, 0.5) is 5.69 Å². The Hall–Kier alpha value is -2.48. The molecular formula is C19H14N2O2S3. The molecule has 130 valence electrons. The zero-order valence-corrected chi connectivity index (χ0v) is 15.9. The molecular weight excluding hydrogens is 384 g/mol. The zero-order chi connectivity index (χ0) is 18.0. The Morgan fingerprint density at radius 1 is 0.846 bits per heavy atom. The lowest BCUT2D eigenvalue weighted by Crippen LogP contribution is -2.11. The molecule has 0 aliphatic carbocycles. The van der Waals surface area contributed by atoms with E-state index in [0.29, 0.717) is 9.90 Å². The Labute approximate surface area is 159 Å². The summed E-state index contributed by atoms with van der Waals surface area (Å²) in [5, 5.41) is 4.66. The van der Waals surface area contributed by atoms with Crippen molar-refractivity contribution in [2.75, 3.05) is 4.72 Å². The van der Waals surface area contributed by atoms with Crippen molar-refractivity contribution >= 4 is 38.4 Å². The number of thiophene rings is 1. The van der Waals surface area contributed by atoms with Crippen LogP contribution < -0.4 is 4.72 Å². The third kappa shape index (κ3) is 3.55. The molecule has 0 unspecified atom stereocenters. The summed E-state index contributed by atoms with van der Waals surface area (Å²) < 4.78 is 27.7. The van der Waals surface area contributed by atoms with Gasteiger partial charge in [0.2, 0.25) is 0 Å². The van der Waals surface area contributed by atoms with Crippen LogP contribution in [0.3, 0.4) is 0 Å². The van der Waals surface area contributed by atoms with Crippen LogP contribution in [0.1, 0.15) is 0 Å². The number of anilines is 1. The molecule has 26 heavy (non-hydrogen) atoms. The van der Waals surface area contributed by atoms with Gasteiger partial charge in [0.1, 0.15) is 9.22 Å². The van der Waals surface area contributed by atoms with E-state index in [4.69, 9.17) is 0 Å². The second-order valence-electron chi connectivity index (χ2n) is 5.52. The number of nitrogens with zero attached hydrogens (tertiary/aromatic N) is 1. The van der Waals surface area contributed by atoms with Crippen LogP contribution in [-0.2, 0) is 10.0 Å². The van der Waals surface area contributed by atoms with Crippen LogP contribution in [0.5, 0.6) is 0 Å². The van der Waals surface area contributed by atoms with E-state index in [1.165, 1.54) is 11.3 Å². The van der Waals surface area contributed by atoms with E-state index in [9.17, 15) is 8.42 Å². The Morgan fingerprint density at radius 2 is 1.65 bits per heavy atom. The van der Waals surface area contributed by atoms with Crippen molar-refractivity contribution in [3.63, 3.8) is 0 Å². The largest absolute Gasteiger partial charge is 0.279 e. The lowest BCUT2D eigenvalue weighted by Gasteiger charge is -2.07. The van der Waals surface area contributed by atoms with Gasteiger partial charge < -0.3 is 0 Å². The van der Waals surface area contributed by atoms with Gasteiger partial charge in [-0.05, 0) is 23.6 Å². The van der Waals surface area contributed by atoms with Gasteiger partial charge in [0.25, 0.3) is 10.0 Å². The molecule has 1 N–H and O–H groups in total. The van der Waals surface area contributed by atoms with Gasteiger partial charge in [-0.3, -0.25) is 4.72 Å². The highest BCUT2D eigenvalue weighted by molar-refractivity contribution is 7.94. The fraction of sp³-hybridized carbons (Fsp3) is 0. The molecule has 0 fully saturated rings. The van der Waals surface area contributed by atoms with Gasteiger partial charge in [0.05, 0.1) is 5.69 Å². The Bertz CT molecular complexity index is 1120. The number of nitrogens with one attached hydrogen (secondary N) is 1. The first kappa shape index (κ1) is 17.0. The number of hydrogen-bond donors (Lipinski definition) is 1. The first-order chi connectivity index (χ1) is 12.6. The third-order valence-electron chi connectivity index (χ3n) is 3.70. The maximum atomic E-state index is 12.4. The van der Waals surface area contributed by atoms with E-state index < -0.39 is 10.0 Å². The number of aromatic nitrogens is 1. The standard InChI is InChI=1S/C19H14N2O2S3/c22-26(23,18-10-5-11-24-18)21-16-9-4-8-15(12-16)17-13-25-19(20-17)14-6-2-1-3-7-14/h1-13,21H. The predicted molar refractivity (Wildman–Crippen MR) is 108 cm³/mol. The van der Waals surface area contributed by atoms with Crippen molar-refractivity contribution in [3.8, 4) is 21.8 Å². The van der Waals surface area contributed by atoms with Crippen molar-refractivity contribution in [3.05, 3.63) is 77.5 Å². The molecule has 4 rings (SSSR count). The maximum Gasteiger partial charge on any atom is 0.271 e. The molecule has 7 heteroatoms. The lowest BCUT2D eigenvalue weighted by atomic mass is 10.1. The highest BCUT2D eigenvalue weighted by Gasteiger charge is 2.15. The lowest BCUT2D eigenvalue weighted by molar-refractivity contribution is 0.603. The molecule has 0 atom stereocenters. The van der Waals surface area contributed by atoms with E-state index in [1.54, 1.807) is 41.0 Å². The van der Waals surface area contributed by atoms with Crippen LogP contribution in [0.25, 0.3) is 21.8 Å². The predicted octanol–water partition coefficient (Wildman–Crippen LogP) is 5.34. The average Bonchev–Trinajstić information content (AvgIpc) is 3.35. The van der Waals surface area contributed by atoms with Crippen LogP contribution in [0.15, 0.2) is 81.7 Å². The smallest absolute Gasteiger partial charge is 0.271 e. The number of benzene rings is 2. The zero-order valence-electron chi connectivity index (χ0n) is 13.5. The summed E-state index contributed by atoms with van der Waals surface area (Å²) in [4.78, 5) is 4.68. The van der Waals surface area contributed by atoms with E-state index >= 15 is 0 Å². The molecule has 0 amide bonds. The summed E-state index contributed by atoms with van der Waals surface area (Å²) in [5.41, 5.74) is 3.28. The summed E-state index contributed by atoms with van der Waals surface area (Å²) in [7, 11) is -3.56. The molecule has 0 radical (unpaired) electrons. The second kappa shape index (κ2) is 7.03. The fourth-order valence-electron chi connectivity index (χ4n) is 2.48. The first-order valence-electron chi connectivity index (χ1n) is 7.79. The van der Waals surface area contributed by atoms with Crippen molar-refractivity contribution in [1.82, 2.24) is 4.98 Å². The quantitative estimate of drug-likeness (QED) is 0.494. The summed E-state index contributed by atoms with van der Waals surface area (Å²) in [6, 6.07) is 20.6. The Balaban J connectivity index is 1.62. The van der Waals surface area contributed by atoms with Crippen LogP contribution in [0.2, 0.25) is 0 Å². The van der Waals surface area contributed by atoms with Gasteiger partial charge in [-0.25, -0.2) is 13.4 Å². The Morgan fingerprint density at radius 3 is 2.42 bits per heavy atom. The number of hydrogen-bond acceptors (Lipinski definition) is 5. The third-order valence-corrected chi connectivity index (χ3v) is 7.37. The van der Waals surface area contributed by atoms with Crippen LogP contribution >= 0.6 is 22.7 Å². The first-order valence-corrected chi connectivity index (χ1v) is 11.0. The van der Waals surface area contributed by atoms with Gasteiger partial charge in [0, 0.05) is 22.2 Å². The summed E-state index contributed by atoms with van der Waals surface area (Å²) in [5.74, 6) is 0. The van der Waals surface area contributed by atoms with Gasteiger partial charge in [-0.15, -0.1) is 22.7 Å². The fourth-order valence-corrected chi connectivity index (χ4v) is 5.36. The minimum absolute atomic E-state index is 0.294. The van der Waals surface area contributed by atoms with Crippen LogP contribution in [0, 0.1) is 0 Å². The highest BCUT2D eigenvalue weighted by Crippen LogP contribution is 2.30. The molecule has 4 nitrogen and oxygen atoms in total. The second-order valence-corrected chi connectivity index (χ2v) is 9.24. The molecule has 2 aromatic heterocycles. The number of rotatable bonds is 5. The molecule has 0 bridgehead atoms. The van der Waals surface area contributed by atoms with Crippen molar-refractivity contribution < 1.29 is 8.42 Å². The normalized spacial score (nSPS) is 11.4. The topological polar surface area (TPSA) is 59.1 Å². The molecule has 0 saturated carbocycles. The molecule has 0 saturated heterocycles. The number of sulfonamides is 1. The van der Waals surface area contributed by atoms with Gasteiger partial charge in [-0.1, -0.05) is 48.5 Å². The Kier molecular flexibility index (Phi) is 4.58. The molecule has 2 aromatic carbocycles. The van der Waals surface area contributed by atoms with E-state index in [1.807, 2.05) is 47.8 Å². The van der Waals surface area contributed by atoms with Gasteiger partial charge in [-0.2, -0.15) is 0 Å². The van der Waals surface area contributed by atoms with Crippen LogP contribution in [-0.4, -0.2) is 13.4 Å².